The van der Waals surface area contributed by atoms with Gasteiger partial charge in [-0.15, -0.1) is 10.2 Å². The lowest BCUT2D eigenvalue weighted by Crippen LogP contribution is -2.12. The van der Waals surface area contributed by atoms with Crippen molar-refractivity contribution in [3.8, 4) is 0 Å². The maximum Gasteiger partial charge on any atom is 0.278 e. The van der Waals surface area contributed by atoms with Crippen LogP contribution in [0.1, 0.15) is 35.3 Å². The number of nitrogens with zero attached hydrogens (tertiary/aromatic N) is 4. The Kier molecular flexibility index (Phi) is 3.19. The number of hydrogen-bond acceptors (Lipinski definition) is 5. The third kappa shape index (κ3) is 2.39. The Balaban J connectivity index is 1.81. The molecule has 1 amide bonds. The molecule has 0 unspecified atom stereocenters. The van der Waals surface area contributed by atoms with Crippen LogP contribution in [0.15, 0.2) is 30.5 Å². The quantitative estimate of drug-likeness (QED) is 0.803. The van der Waals surface area contributed by atoms with Crippen LogP contribution in [-0.2, 0) is 0 Å². The second-order valence-corrected chi connectivity index (χ2v) is 5.66. The van der Waals surface area contributed by atoms with Crippen LogP contribution in [0.5, 0.6) is 0 Å². The molecule has 6 nitrogen and oxygen atoms in total. The molecule has 3 heterocycles. The van der Waals surface area contributed by atoms with Crippen molar-refractivity contribution in [2.45, 2.75) is 19.8 Å². The largest absolute Gasteiger partial charge is 0.295 e. The Morgan fingerprint density at radius 3 is 2.90 bits per heavy atom. The fourth-order valence-electron chi connectivity index (χ4n) is 1.73. The van der Waals surface area contributed by atoms with Crippen LogP contribution in [0.2, 0.25) is 0 Å². The highest BCUT2D eigenvalue weighted by Crippen LogP contribution is 2.22. The molecule has 1 N–H and O–H groups in total. The van der Waals surface area contributed by atoms with Gasteiger partial charge in [0.2, 0.25) is 5.13 Å². The normalized spacial score (nSPS) is 11.2. The van der Waals surface area contributed by atoms with Crippen molar-refractivity contribution in [2.24, 2.45) is 0 Å². The van der Waals surface area contributed by atoms with Crippen molar-refractivity contribution in [3.05, 3.63) is 41.2 Å². The molecule has 7 heteroatoms. The van der Waals surface area contributed by atoms with Crippen molar-refractivity contribution >= 4 is 27.9 Å². The van der Waals surface area contributed by atoms with Crippen LogP contribution in [-0.4, -0.2) is 25.7 Å². The number of aromatic nitrogens is 4. The van der Waals surface area contributed by atoms with Gasteiger partial charge in [0, 0.05) is 12.1 Å². The number of fused-ring (bicyclic) bond motifs is 1. The second kappa shape index (κ2) is 5.01. The van der Waals surface area contributed by atoms with Crippen molar-refractivity contribution in [3.63, 3.8) is 0 Å². The molecule has 102 valence electrons. The molecule has 0 atom stereocenters. The van der Waals surface area contributed by atoms with Gasteiger partial charge < -0.3 is 0 Å². The molecule has 0 bridgehead atoms. The van der Waals surface area contributed by atoms with Crippen LogP contribution in [0, 0.1) is 0 Å². The Morgan fingerprint density at radius 2 is 2.20 bits per heavy atom. The minimum Gasteiger partial charge on any atom is -0.295 e. The molecular formula is C13H13N5OS. The van der Waals surface area contributed by atoms with E-state index >= 15 is 0 Å². The number of carbonyl (C=O) groups is 1. The van der Waals surface area contributed by atoms with Gasteiger partial charge in [-0.3, -0.25) is 10.1 Å². The van der Waals surface area contributed by atoms with E-state index in [4.69, 9.17) is 0 Å². The Bertz CT molecular complexity index is 728. The molecule has 0 spiro atoms. The first kappa shape index (κ1) is 12.7. The molecule has 0 aliphatic carbocycles. The first-order chi connectivity index (χ1) is 9.63. The Morgan fingerprint density at radius 1 is 1.35 bits per heavy atom. The second-order valence-electron chi connectivity index (χ2n) is 4.65. The zero-order chi connectivity index (χ0) is 14.1. The SMILES string of the molecule is CC(C)c1nnc(NC(=O)c2cc3ccccn3n2)s1. The maximum absolute atomic E-state index is 12.1. The van der Waals surface area contributed by atoms with E-state index in [1.807, 2.05) is 32.0 Å². The summed E-state index contributed by atoms with van der Waals surface area (Å²) in [6.45, 7) is 4.07. The minimum absolute atomic E-state index is 0.278. The van der Waals surface area contributed by atoms with Crippen molar-refractivity contribution in [1.82, 2.24) is 19.8 Å². The number of hydrogen-bond donors (Lipinski definition) is 1. The van der Waals surface area contributed by atoms with E-state index in [1.54, 1.807) is 16.8 Å². The summed E-state index contributed by atoms with van der Waals surface area (Å²) < 4.78 is 1.66. The number of carbonyl (C=O) groups excluding carboxylic acids is 1. The molecule has 0 saturated heterocycles. The molecule has 0 aromatic carbocycles. The lowest BCUT2D eigenvalue weighted by atomic mass is 10.2. The summed E-state index contributed by atoms with van der Waals surface area (Å²) in [4.78, 5) is 12.1. The summed E-state index contributed by atoms with van der Waals surface area (Å²) in [5.74, 6) is 0.0218. The van der Waals surface area contributed by atoms with E-state index in [1.165, 1.54) is 11.3 Å². The van der Waals surface area contributed by atoms with Gasteiger partial charge in [0.05, 0.1) is 5.52 Å². The maximum atomic E-state index is 12.1. The van der Waals surface area contributed by atoms with Crippen LogP contribution in [0.3, 0.4) is 0 Å². The van der Waals surface area contributed by atoms with Crippen LogP contribution < -0.4 is 5.32 Å². The molecule has 0 radical (unpaired) electrons. The van der Waals surface area contributed by atoms with Gasteiger partial charge in [0.15, 0.2) is 5.69 Å². The molecule has 0 fully saturated rings. The first-order valence-corrected chi connectivity index (χ1v) is 7.04. The molecule has 0 aliphatic heterocycles. The van der Waals surface area contributed by atoms with Gasteiger partial charge in [-0.2, -0.15) is 5.10 Å². The van der Waals surface area contributed by atoms with Crippen molar-refractivity contribution < 1.29 is 4.79 Å². The van der Waals surface area contributed by atoms with E-state index in [2.05, 4.69) is 20.6 Å². The van der Waals surface area contributed by atoms with Gasteiger partial charge in [-0.05, 0) is 18.2 Å². The summed E-state index contributed by atoms with van der Waals surface area (Å²) in [5.41, 5.74) is 1.23. The predicted octanol–water partition coefficient (Wildman–Crippen LogP) is 2.56. The molecule has 0 saturated carbocycles. The van der Waals surface area contributed by atoms with E-state index in [0.717, 1.165) is 10.5 Å². The van der Waals surface area contributed by atoms with Gasteiger partial charge in [0.25, 0.3) is 5.91 Å². The van der Waals surface area contributed by atoms with Crippen LogP contribution in [0.4, 0.5) is 5.13 Å². The summed E-state index contributed by atoms with van der Waals surface area (Å²) in [7, 11) is 0. The number of rotatable bonds is 3. The van der Waals surface area contributed by atoms with E-state index < -0.39 is 0 Å². The topological polar surface area (TPSA) is 72.2 Å². The van der Waals surface area contributed by atoms with E-state index in [0.29, 0.717) is 16.7 Å². The number of amides is 1. The third-order valence-corrected chi connectivity index (χ3v) is 3.90. The molecule has 3 aromatic rings. The highest BCUT2D eigenvalue weighted by atomic mass is 32.1. The monoisotopic (exact) mass is 287 g/mol. The Labute approximate surface area is 119 Å². The summed E-state index contributed by atoms with van der Waals surface area (Å²) in [6.07, 6.45) is 1.80. The molecule has 3 rings (SSSR count). The predicted molar refractivity (Wildman–Crippen MR) is 77.1 cm³/mol. The lowest BCUT2D eigenvalue weighted by molar-refractivity contribution is 0.102. The lowest BCUT2D eigenvalue weighted by Gasteiger charge is -1.96. The third-order valence-electron chi connectivity index (χ3n) is 2.76. The number of anilines is 1. The van der Waals surface area contributed by atoms with Gasteiger partial charge in [-0.1, -0.05) is 31.3 Å². The average Bonchev–Trinajstić information content (AvgIpc) is 3.04. The van der Waals surface area contributed by atoms with Crippen LogP contribution >= 0.6 is 11.3 Å². The highest BCUT2D eigenvalue weighted by Gasteiger charge is 2.14. The number of pyridine rings is 1. The van der Waals surface area contributed by atoms with Crippen molar-refractivity contribution in [2.75, 3.05) is 5.32 Å². The smallest absolute Gasteiger partial charge is 0.278 e. The fraction of sp³-hybridized carbons (Fsp3) is 0.231. The molecular weight excluding hydrogens is 274 g/mol. The fourth-order valence-corrected chi connectivity index (χ4v) is 2.47. The zero-order valence-electron chi connectivity index (χ0n) is 11.1. The highest BCUT2D eigenvalue weighted by molar-refractivity contribution is 7.15. The average molecular weight is 287 g/mol. The summed E-state index contributed by atoms with van der Waals surface area (Å²) >= 11 is 1.38. The van der Waals surface area contributed by atoms with E-state index in [-0.39, 0.29) is 5.91 Å². The van der Waals surface area contributed by atoms with Crippen molar-refractivity contribution in [1.29, 1.82) is 0 Å². The molecule has 20 heavy (non-hydrogen) atoms. The van der Waals surface area contributed by atoms with Gasteiger partial charge in [0.1, 0.15) is 5.01 Å². The summed E-state index contributed by atoms with van der Waals surface area (Å²) in [5, 5.41) is 16.3. The van der Waals surface area contributed by atoms with Gasteiger partial charge >= 0.3 is 0 Å². The van der Waals surface area contributed by atoms with Crippen LogP contribution in [0.25, 0.3) is 5.52 Å². The molecule has 3 aromatic heterocycles. The first-order valence-electron chi connectivity index (χ1n) is 6.22. The standard InChI is InChI=1S/C13H13N5OS/c1-8(2)12-15-16-13(20-12)14-11(19)10-7-9-5-3-4-6-18(9)17-10/h3-8H,1-2H3,(H,14,16,19). The molecule has 0 aliphatic rings. The van der Waals surface area contributed by atoms with Gasteiger partial charge in [-0.25, -0.2) is 4.52 Å². The zero-order valence-corrected chi connectivity index (χ0v) is 11.9. The number of nitrogens with one attached hydrogen (secondary N) is 1. The Hall–Kier alpha value is -2.28. The minimum atomic E-state index is -0.278. The summed E-state index contributed by atoms with van der Waals surface area (Å²) in [6, 6.07) is 7.39. The van der Waals surface area contributed by atoms with E-state index in [9.17, 15) is 4.79 Å².